The maximum absolute atomic E-state index is 4.65. The van der Waals surface area contributed by atoms with Crippen molar-refractivity contribution in [2.24, 2.45) is 0 Å². The number of hydrogen-bond acceptors (Lipinski definition) is 3. The number of allylic oxidation sites excluding steroid dienone is 1. The average Bonchev–Trinajstić information content (AvgIpc) is 3.28. The van der Waals surface area contributed by atoms with Gasteiger partial charge >= 0.3 is 0 Å². The number of rotatable bonds is 4. The van der Waals surface area contributed by atoms with Crippen molar-refractivity contribution in [1.29, 1.82) is 0 Å². The van der Waals surface area contributed by atoms with Crippen molar-refractivity contribution in [3.05, 3.63) is 96.2 Å². The molecular weight excluding hydrogens is 428 g/mol. The molecule has 0 bridgehead atoms. The molecule has 0 atom stereocenters. The third-order valence-corrected chi connectivity index (χ3v) is 7.17. The number of aromatic nitrogens is 2. The van der Waals surface area contributed by atoms with Gasteiger partial charge in [0.05, 0.1) is 0 Å². The summed E-state index contributed by atoms with van der Waals surface area (Å²) in [6.45, 7) is 6.59. The Hall–Kier alpha value is -3.89. The van der Waals surface area contributed by atoms with Gasteiger partial charge in [-0.2, -0.15) is 0 Å². The zero-order chi connectivity index (χ0) is 23.8. The van der Waals surface area contributed by atoms with E-state index in [1.165, 1.54) is 44.3 Å². The topological polar surface area (TPSA) is 35.2 Å². The fraction of sp³-hybridized carbons (Fsp3) is 0.194. The van der Waals surface area contributed by atoms with E-state index in [4.69, 9.17) is 0 Å². The van der Waals surface area contributed by atoms with E-state index in [-0.39, 0.29) is 0 Å². The van der Waals surface area contributed by atoms with Crippen LogP contribution < -0.4 is 4.90 Å². The van der Waals surface area contributed by atoms with Crippen LogP contribution in [-0.2, 0) is 0 Å². The van der Waals surface area contributed by atoms with Gasteiger partial charge in [0.25, 0.3) is 0 Å². The molecule has 4 nitrogen and oxygen atoms in total. The summed E-state index contributed by atoms with van der Waals surface area (Å²) in [5.74, 6) is 0. The quantitative estimate of drug-likeness (QED) is 0.326. The minimum Gasteiger partial charge on any atom is -0.369 e. The van der Waals surface area contributed by atoms with E-state index in [1.54, 1.807) is 0 Å². The molecule has 0 unspecified atom stereocenters. The van der Waals surface area contributed by atoms with Crippen molar-refractivity contribution in [3.8, 4) is 11.1 Å². The van der Waals surface area contributed by atoms with Crippen molar-refractivity contribution in [2.75, 3.05) is 38.1 Å². The summed E-state index contributed by atoms with van der Waals surface area (Å²) in [7, 11) is 2.20. The Morgan fingerprint density at radius 1 is 0.857 bits per heavy atom. The molecule has 174 valence electrons. The van der Waals surface area contributed by atoms with Crippen LogP contribution in [0.25, 0.3) is 44.7 Å². The Bertz CT molecular complexity index is 1510. The third kappa shape index (κ3) is 4.22. The summed E-state index contributed by atoms with van der Waals surface area (Å²) in [5, 5.41) is 2.40. The van der Waals surface area contributed by atoms with Crippen LogP contribution in [0.5, 0.6) is 0 Å². The number of piperazine rings is 1. The smallest absolute Gasteiger partial charge is 0.138 e. The lowest BCUT2D eigenvalue weighted by molar-refractivity contribution is 0.313. The van der Waals surface area contributed by atoms with E-state index in [0.29, 0.717) is 0 Å². The Morgan fingerprint density at radius 3 is 2.37 bits per heavy atom. The van der Waals surface area contributed by atoms with E-state index >= 15 is 0 Å². The molecular formula is C31H30N4. The lowest BCUT2D eigenvalue weighted by Gasteiger charge is -2.34. The average molecular weight is 459 g/mol. The van der Waals surface area contributed by atoms with Crippen molar-refractivity contribution in [3.63, 3.8) is 0 Å². The first-order valence-corrected chi connectivity index (χ1v) is 12.3. The van der Waals surface area contributed by atoms with Gasteiger partial charge in [-0.15, -0.1) is 0 Å². The lowest BCUT2D eigenvalue weighted by Crippen LogP contribution is -2.44. The summed E-state index contributed by atoms with van der Waals surface area (Å²) in [5.41, 5.74) is 9.47. The first kappa shape index (κ1) is 21.6. The predicted molar refractivity (Wildman–Crippen MR) is 149 cm³/mol. The lowest BCUT2D eigenvalue weighted by atomic mass is 9.98. The van der Waals surface area contributed by atoms with E-state index in [9.17, 15) is 0 Å². The van der Waals surface area contributed by atoms with Crippen LogP contribution in [-0.4, -0.2) is 48.1 Å². The van der Waals surface area contributed by atoms with Gasteiger partial charge < -0.3 is 14.8 Å². The number of hydrogen-bond donors (Lipinski definition) is 1. The summed E-state index contributed by atoms with van der Waals surface area (Å²) in [4.78, 5) is 13.0. The second-order valence-electron chi connectivity index (χ2n) is 9.54. The highest BCUT2D eigenvalue weighted by molar-refractivity contribution is 6.12. The highest BCUT2D eigenvalue weighted by atomic mass is 15.2. The molecule has 1 saturated heterocycles. The molecule has 35 heavy (non-hydrogen) atoms. The van der Waals surface area contributed by atoms with Gasteiger partial charge in [0, 0.05) is 54.4 Å². The minimum absolute atomic E-state index is 0.931. The summed E-state index contributed by atoms with van der Waals surface area (Å²) in [6.07, 6.45) is 4.14. The molecule has 0 radical (unpaired) electrons. The largest absolute Gasteiger partial charge is 0.369 e. The molecule has 3 aromatic carbocycles. The van der Waals surface area contributed by atoms with Gasteiger partial charge in [0.1, 0.15) is 5.65 Å². The normalized spacial score (nSPS) is 15.3. The van der Waals surface area contributed by atoms with Crippen molar-refractivity contribution in [2.45, 2.75) is 6.92 Å². The number of benzene rings is 3. The summed E-state index contributed by atoms with van der Waals surface area (Å²) >= 11 is 0. The van der Waals surface area contributed by atoms with Crippen molar-refractivity contribution >= 4 is 39.3 Å². The molecule has 0 aliphatic carbocycles. The Labute approximate surface area is 206 Å². The van der Waals surface area contributed by atoms with Crippen molar-refractivity contribution in [1.82, 2.24) is 14.9 Å². The molecule has 0 spiro atoms. The van der Waals surface area contributed by atoms with Gasteiger partial charge in [0.2, 0.25) is 0 Å². The molecule has 6 rings (SSSR count). The number of pyridine rings is 1. The van der Waals surface area contributed by atoms with Gasteiger partial charge in [-0.1, -0.05) is 54.6 Å². The molecule has 0 saturated carbocycles. The molecule has 2 aromatic heterocycles. The minimum atomic E-state index is 0.931. The van der Waals surface area contributed by atoms with E-state index in [2.05, 4.69) is 119 Å². The SMILES string of the molecule is C/C(=C\c1ccccc1)c1ccnc2[nH]c3ccc(-c4ccc(N5CCN(C)CC5)cc4)cc3c12. The fourth-order valence-electron chi connectivity index (χ4n) is 5.13. The van der Waals surface area contributed by atoms with Crippen LogP contribution in [0.1, 0.15) is 18.1 Å². The second-order valence-corrected chi connectivity index (χ2v) is 9.54. The zero-order valence-corrected chi connectivity index (χ0v) is 20.3. The van der Waals surface area contributed by atoms with Gasteiger partial charge in [-0.05, 0) is 72.1 Å². The number of fused-ring (bicyclic) bond motifs is 3. The van der Waals surface area contributed by atoms with E-state index in [1.807, 2.05) is 6.20 Å². The van der Waals surface area contributed by atoms with Crippen LogP contribution in [0.3, 0.4) is 0 Å². The van der Waals surface area contributed by atoms with Crippen LogP contribution in [0.4, 0.5) is 5.69 Å². The van der Waals surface area contributed by atoms with Gasteiger partial charge in [0.15, 0.2) is 0 Å². The molecule has 1 aliphatic heterocycles. The van der Waals surface area contributed by atoms with Crippen LogP contribution >= 0.6 is 0 Å². The Morgan fingerprint density at radius 2 is 1.60 bits per heavy atom. The maximum Gasteiger partial charge on any atom is 0.138 e. The van der Waals surface area contributed by atoms with Crippen molar-refractivity contribution < 1.29 is 0 Å². The van der Waals surface area contributed by atoms with Crippen LogP contribution in [0.2, 0.25) is 0 Å². The zero-order valence-electron chi connectivity index (χ0n) is 20.3. The standard InChI is InChI=1S/C31H30N4/c1-22(20-23-6-4-3-5-7-23)27-14-15-32-31-30(27)28-21-25(10-13-29(28)33-31)24-8-11-26(12-9-24)35-18-16-34(2)17-19-35/h3-15,20-21H,16-19H2,1-2H3,(H,32,33)/b22-20+. The monoisotopic (exact) mass is 458 g/mol. The molecule has 1 fully saturated rings. The van der Waals surface area contributed by atoms with Crippen LogP contribution in [0.15, 0.2) is 85.1 Å². The number of H-pyrrole nitrogens is 1. The summed E-state index contributed by atoms with van der Waals surface area (Å²) < 4.78 is 0. The van der Waals surface area contributed by atoms with Gasteiger partial charge in [-0.25, -0.2) is 4.98 Å². The number of aromatic amines is 1. The molecule has 5 aromatic rings. The molecule has 0 amide bonds. The predicted octanol–water partition coefficient (Wildman–Crippen LogP) is 6.70. The number of likely N-dealkylation sites (N-methyl/N-ethyl adjacent to an activating group) is 1. The highest BCUT2D eigenvalue weighted by Gasteiger charge is 2.15. The third-order valence-electron chi connectivity index (χ3n) is 7.17. The number of nitrogens with zero attached hydrogens (tertiary/aromatic N) is 3. The second kappa shape index (κ2) is 9.05. The Kier molecular flexibility index (Phi) is 5.59. The number of nitrogens with one attached hydrogen (secondary N) is 1. The number of anilines is 1. The van der Waals surface area contributed by atoms with Crippen LogP contribution in [0, 0.1) is 0 Å². The Balaban J connectivity index is 1.38. The van der Waals surface area contributed by atoms with E-state index < -0.39 is 0 Å². The molecule has 1 aliphatic rings. The maximum atomic E-state index is 4.65. The fourth-order valence-corrected chi connectivity index (χ4v) is 5.13. The first-order valence-electron chi connectivity index (χ1n) is 12.3. The van der Waals surface area contributed by atoms with E-state index in [0.717, 1.165) is 37.3 Å². The molecule has 4 heteroatoms. The first-order chi connectivity index (χ1) is 17.2. The van der Waals surface area contributed by atoms with Gasteiger partial charge in [-0.3, -0.25) is 0 Å². The highest BCUT2D eigenvalue weighted by Crippen LogP contribution is 2.34. The molecule has 1 N–H and O–H groups in total. The molecule has 3 heterocycles. The summed E-state index contributed by atoms with van der Waals surface area (Å²) in [6, 6.07) is 28.3.